The van der Waals surface area contributed by atoms with Crippen LogP contribution in [0.25, 0.3) is 0 Å². The van der Waals surface area contributed by atoms with E-state index in [1.54, 1.807) is 5.51 Å². The Kier molecular flexibility index (Phi) is 4.00. The molecule has 0 fully saturated rings. The van der Waals surface area contributed by atoms with Crippen molar-refractivity contribution in [3.8, 4) is 0 Å². The summed E-state index contributed by atoms with van der Waals surface area (Å²) in [7, 11) is 0. The molecule has 88 valence electrons. The van der Waals surface area contributed by atoms with Gasteiger partial charge < -0.3 is 10.4 Å². The number of nitrogens with zero attached hydrogens (tertiary/aromatic N) is 1. The molecule has 0 radical (unpaired) electrons. The van der Waals surface area contributed by atoms with E-state index in [1.165, 1.54) is 25.2 Å². The summed E-state index contributed by atoms with van der Waals surface area (Å²) in [6.45, 7) is 3.40. The predicted octanol–water partition coefficient (Wildman–Crippen LogP) is 1.26. The zero-order chi connectivity index (χ0) is 12.2. The molecule has 1 heterocycles. The Hall–Kier alpha value is -1.43. The number of hydrogen-bond donors (Lipinski definition) is 2. The fourth-order valence-electron chi connectivity index (χ4n) is 1.05. The standard InChI is InChI=1S/C10H14N2O3S/c1-10(2,9(14)15)3-8(13)11-4-7-5-16-6-12-7/h5-6H,3-4H2,1-2H3,(H,11,13)(H,14,15). The molecular formula is C10H14N2O3S. The van der Waals surface area contributed by atoms with Gasteiger partial charge in [-0.15, -0.1) is 11.3 Å². The molecular weight excluding hydrogens is 228 g/mol. The average molecular weight is 242 g/mol. The third kappa shape index (κ3) is 3.62. The number of amides is 1. The molecule has 16 heavy (non-hydrogen) atoms. The van der Waals surface area contributed by atoms with Crippen molar-refractivity contribution in [1.29, 1.82) is 0 Å². The maximum Gasteiger partial charge on any atom is 0.309 e. The van der Waals surface area contributed by atoms with Crippen LogP contribution in [0.15, 0.2) is 10.9 Å². The van der Waals surface area contributed by atoms with Crippen LogP contribution in [0, 0.1) is 5.41 Å². The molecule has 0 spiro atoms. The van der Waals surface area contributed by atoms with Gasteiger partial charge in [0.15, 0.2) is 0 Å². The number of hydrogen-bond acceptors (Lipinski definition) is 4. The molecule has 0 saturated carbocycles. The van der Waals surface area contributed by atoms with Gasteiger partial charge in [-0.3, -0.25) is 9.59 Å². The zero-order valence-electron chi connectivity index (χ0n) is 9.19. The minimum Gasteiger partial charge on any atom is -0.481 e. The van der Waals surface area contributed by atoms with Crippen molar-refractivity contribution in [2.45, 2.75) is 26.8 Å². The van der Waals surface area contributed by atoms with E-state index in [1.807, 2.05) is 5.38 Å². The summed E-state index contributed by atoms with van der Waals surface area (Å²) in [5.41, 5.74) is 1.43. The van der Waals surface area contributed by atoms with Crippen molar-refractivity contribution < 1.29 is 14.7 Å². The molecule has 0 saturated heterocycles. The lowest BCUT2D eigenvalue weighted by Gasteiger charge is -2.17. The Morgan fingerprint density at radius 1 is 1.56 bits per heavy atom. The summed E-state index contributed by atoms with van der Waals surface area (Å²) in [5, 5.41) is 13.3. The minimum absolute atomic E-state index is 0.0352. The van der Waals surface area contributed by atoms with Crippen LogP contribution in [0.1, 0.15) is 26.0 Å². The average Bonchev–Trinajstić information content (AvgIpc) is 2.66. The van der Waals surface area contributed by atoms with Crippen molar-refractivity contribution in [1.82, 2.24) is 10.3 Å². The number of carbonyl (C=O) groups excluding carboxylic acids is 1. The van der Waals surface area contributed by atoms with Gasteiger partial charge in [0.05, 0.1) is 23.2 Å². The number of aromatic nitrogens is 1. The Bertz CT molecular complexity index is 373. The monoisotopic (exact) mass is 242 g/mol. The van der Waals surface area contributed by atoms with E-state index in [0.29, 0.717) is 6.54 Å². The Balaban J connectivity index is 2.39. The van der Waals surface area contributed by atoms with Gasteiger partial charge in [-0.1, -0.05) is 0 Å². The highest BCUT2D eigenvalue weighted by Gasteiger charge is 2.29. The molecule has 0 aromatic carbocycles. The van der Waals surface area contributed by atoms with Crippen molar-refractivity contribution in [2.24, 2.45) is 5.41 Å². The van der Waals surface area contributed by atoms with Gasteiger partial charge in [0, 0.05) is 11.8 Å². The second-order valence-electron chi connectivity index (χ2n) is 4.12. The van der Waals surface area contributed by atoms with E-state index < -0.39 is 11.4 Å². The van der Waals surface area contributed by atoms with Crippen molar-refractivity contribution in [2.75, 3.05) is 0 Å². The molecule has 0 atom stereocenters. The van der Waals surface area contributed by atoms with Gasteiger partial charge in [-0.25, -0.2) is 4.98 Å². The van der Waals surface area contributed by atoms with E-state index in [4.69, 9.17) is 5.11 Å². The molecule has 2 N–H and O–H groups in total. The van der Waals surface area contributed by atoms with Crippen molar-refractivity contribution in [3.63, 3.8) is 0 Å². The number of rotatable bonds is 5. The first-order valence-electron chi connectivity index (χ1n) is 4.79. The number of carboxylic acid groups (broad SMARTS) is 1. The first-order chi connectivity index (χ1) is 7.42. The van der Waals surface area contributed by atoms with Gasteiger partial charge >= 0.3 is 5.97 Å². The minimum atomic E-state index is -1.04. The largest absolute Gasteiger partial charge is 0.481 e. The van der Waals surface area contributed by atoms with E-state index in [-0.39, 0.29) is 12.3 Å². The quantitative estimate of drug-likeness (QED) is 0.814. The predicted molar refractivity (Wildman–Crippen MR) is 60.0 cm³/mol. The summed E-state index contributed by atoms with van der Waals surface area (Å²) in [4.78, 5) is 26.3. The second-order valence-corrected chi connectivity index (χ2v) is 4.84. The molecule has 1 aromatic heterocycles. The van der Waals surface area contributed by atoms with Gasteiger partial charge in [-0.05, 0) is 13.8 Å². The normalized spacial score (nSPS) is 11.1. The fraction of sp³-hybridized carbons (Fsp3) is 0.500. The first-order valence-corrected chi connectivity index (χ1v) is 5.73. The number of carboxylic acids is 1. The maximum atomic E-state index is 11.5. The first kappa shape index (κ1) is 12.6. The lowest BCUT2D eigenvalue weighted by molar-refractivity contribution is -0.149. The lowest BCUT2D eigenvalue weighted by atomic mass is 9.89. The molecule has 6 heteroatoms. The van der Waals surface area contributed by atoms with Gasteiger partial charge in [0.1, 0.15) is 0 Å². The van der Waals surface area contributed by atoms with Crippen molar-refractivity contribution >= 4 is 23.2 Å². The van der Waals surface area contributed by atoms with E-state index in [2.05, 4.69) is 10.3 Å². The van der Waals surface area contributed by atoms with Crippen LogP contribution in [0.4, 0.5) is 0 Å². The molecule has 1 aromatic rings. The summed E-state index contributed by atoms with van der Waals surface area (Å²) < 4.78 is 0. The van der Waals surface area contributed by atoms with Gasteiger partial charge in [0.2, 0.25) is 5.91 Å². The molecule has 5 nitrogen and oxygen atoms in total. The number of thiazole rings is 1. The molecule has 0 aliphatic heterocycles. The number of aliphatic carboxylic acids is 1. The van der Waals surface area contributed by atoms with Crippen LogP contribution in [-0.4, -0.2) is 22.0 Å². The van der Waals surface area contributed by atoms with E-state index >= 15 is 0 Å². The zero-order valence-corrected chi connectivity index (χ0v) is 10.0. The topological polar surface area (TPSA) is 79.3 Å². The van der Waals surface area contributed by atoms with Gasteiger partial charge in [0.25, 0.3) is 0 Å². The Labute approximate surface area is 97.5 Å². The van der Waals surface area contributed by atoms with E-state index in [9.17, 15) is 9.59 Å². The summed E-state index contributed by atoms with van der Waals surface area (Å²) in [6, 6.07) is 0. The molecule has 0 unspecified atom stereocenters. The van der Waals surface area contributed by atoms with Crippen LogP contribution >= 0.6 is 11.3 Å². The third-order valence-corrected chi connectivity index (χ3v) is 2.77. The Morgan fingerprint density at radius 3 is 2.75 bits per heavy atom. The third-order valence-electron chi connectivity index (χ3n) is 2.13. The van der Waals surface area contributed by atoms with Crippen LogP contribution < -0.4 is 5.32 Å². The SMILES string of the molecule is CC(C)(CC(=O)NCc1cscn1)C(=O)O. The number of carbonyl (C=O) groups is 2. The molecule has 0 aliphatic carbocycles. The maximum absolute atomic E-state index is 11.5. The van der Waals surface area contributed by atoms with E-state index in [0.717, 1.165) is 5.69 Å². The van der Waals surface area contributed by atoms with Crippen LogP contribution in [0.2, 0.25) is 0 Å². The van der Waals surface area contributed by atoms with Gasteiger partial charge in [-0.2, -0.15) is 0 Å². The summed E-state index contributed by atoms with van der Waals surface area (Å²) >= 11 is 1.45. The van der Waals surface area contributed by atoms with Crippen molar-refractivity contribution in [3.05, 3.63) is 16.6 Å². The van der Waals surface area contributed by atoms with Crippen LogP contribution in [0.3, 0.4) is 0 Å². The summed E-state index contributed by atoms with van der Waals surface area (Å²) in [6.07, 6.45) is -0.0352. The van der Waals surface area contributed by atoms with Crippen LogP contribution in [0.5, 0.6) is 0 Å². The highest BCUT2D eigenvalue weighted by Crippen LogP contribution is 2.20. The fourth-order valence-corrected chi connectivity index (χ4v) is 1.61. The number of nitrogens with one attached hydrogen (secondary N) is 1. The van der Waals surface area contributed by atoms with Crippen LogP contribution in [-0.2, 0) is 16.1 Å². The molecule has 1 rings (SSSR count). The molecule has 0 bridgehead atoms. The lowest BCUT2D eigenvalue weighted by Crippen LogP contribution is -2.33. The molecule has 1 amide bonds. The Morgan fingerprint density at radius 2 is 2.25 bits per heavy atom. The second kappa shape index (κ2) is 5.07. The summed E-state index contributed by atoms with van der Waals surface area (Å²) in [5.74, 6) is -1.25. The highest BCUT2D eigenvalue weighted by atomic mass is 32.1. The molecule has 0 aliphatic rings. The smallest absolute Gasteiger partial charge is 0.309 e. The highest BCUT2D eigenvalue weighted by molar-refractivity contribution is 7.07.